The number of amides is 1. The van der Waals surface area contributed by atoms with Gasteiger partial charge < -0.3 is 0 Å². The molecule has 4 aliphatic rings. The Morgan fingerprint density at radius 1 is 1.19 bits per heavy atom. The quantitative estimate of drug-likeness (QED) is 0.285. The van der Waals surface area contributed by atoms with Gasteiger partial charge in [-0.1, -0.05) is 6.07 Å². The summed E-state index contributed by atoms with van der Waals surface area (Å²) in [6, 6.07) is 6.51. The molecule has 0 aliphatic heterocycles. The molecule has 0 saturated heterocycles. The Kier molecular flexibility index (Phi) is 5.67. The third kappa shape index (κ3) is 4.53. The Balaban J connectivity index is 1.22. The third-order valence-electron chi connectivity index (χ3n) is 7.03. The van der Waals surface area contributed by atoms with Gasteiger partial charge in [0.25, 0.3) is 5.69 Å². The van der Waals surface area contributed by atoms with Crippen LogP contribution < -0.4 is 5.43 Å². The number of benzene rings is 1. The van der Waals surface area contributed by atoms with E-state index in [2.05, 4.69) is 20.5 Å². The van der Waals surface area contributed by atoms with E-state index in [1.54, 1.807) is 30.6 Å². The van der Waals surface area contributed by atoms with Gasteiger partial charge in [-0.3, -0.25) is 14.9 Å². The minimum absolute atomic E-state index is 0.0497. The van der Waals surface area contributed by atoms with E-state index in [1.807, 2.05) is 0 Å². The van der Waals surface area contributed by atoms with Crippen LogP contribution in [0.3, 0.4) is 0 Å². The molecule has 0 spiro atoms. The lowest BCUT2D eigenvalue weighted by Crippen LogP contribution is -2.47. The zero-order chi connectivity index (χ0) is 22.1. The fourth-order valence-corrected chi connectivity index (χ4v) is 7.14. The lowest BCUT2D eigenvalue weighted by atomic mass is 9.49. The molecule has 1 aromatic carbocycles. The Morgan fingerprint density at radius 2 is 1.84 bits per heavy atom. The van der Waals surface area contributed by atoms with Crippen LogP contribution in [0.25, 0.3) is 0 Å². The van der Waals surface area contributed by atoms with Gasteiger partial charge in [-0.25, -0.2) is 15.4 Å². The standard InChI is InChI=1S/C23H25N5O3S/c29-21(13-23-10-16-6-17(11-23)8-18(7-16)12-23)27-26-14-15-2-3-20(19(9-15)28(30)31)32-22-24-4-1-5-25-22/h1-5,9,14,16-18H,6-8,10-13H2,(H,27,29)/b26-14-. The lowest BCUT2D eigenvalue weighted by Gasteiger charge is -2.56. The van der Waals surface area contributed by atoms with Crippen molar-refractivity contribution in [3.05, 3.63) is 52.3 Å². The average molecular weight is 452 g/mol. The Bertz CT molecular complexity index is 1020. The summed E-state index contributed by atoms with van der Waals surface area (Å²) in [5, 5.41) is 16.0. The number of rotatable bonds is 7. The second-order valence-electron chi connectivity index (χ2n) is 9.51. The number of hydrazone groups is 1. The predicted molar refractivity (Wildman–Crippen MR) is 120 cm³/mol. The normalized spacial score (nSPS) is 28.2. The number of aromatic nitrogens is 2. The fraction of sp³-hybridized carbons (Fsp3) is 0.478. The van der Waals surface area contributed by atoms with Crippen LogP contribution in [0.5, 0.6) is 0 Å². The second kappa shape index (κ2) is 8.61. The van der Waals surface area contributed by atoms with E-state index in [9.17, 15) is 14.9 Å². The Hall–Kier alpha value is -2.81. The highest BCUT2D eigenvalue weighted by Gasteiger charge is 2.51. The molecule has 1 heterocycles. The number of nitro benzene ring substituents is 1. The molecule has 1 aromatic heterocycles. The molecular weight excluding hydrogens is 426 g/mol. The minimum atomic E-state index is -0.436. The van der Waals surface area contributed by atoms with E-state index in [0.29, 0.717) is 22.0 Å². The van der Waals surface area contributed by atoms with Crippen molar-refractivity contribution in [2.24, 2.45) is 28.3 Å². The fourth-order valence-electron chi connectivity index (χ4n) is 6.35. The number of nitrogens with one attached hydrogen (secondary N) is 1. The lowest BCUT2D eigenvalue weighted by molar-refractivity contribution is -0.387. The maximum atomic E-state index is 12.6. The van der Waals surface area contributed by atoms with Gasteiger partial charge in [0.15, 0.2) is 5.16 Å². The van der Waals surface area contributed by atoms with Crippen molar-refractivity contribution in [1.82, 2.24) is 15.4 Å². The summed E-state index contributed by atoms with van der Waals surface area (Å²) in [5.74, 6) is 2.34. The number of nitro groups is 1. The number of carbonyl (C=O) groups excluding carboxylic acids is 1. The van der Waals surface area contributed by atoms with Gasteiger partial charge in [0.1, 0.15) is 0 Å². The van der Waals surface area contributed by atoms with Crippen molar-refractivity contribution in [2.45, 2.75) is 55.0 Å². The van der Waals surface area contributed by atoms with Crippen molar-refractivity contribution in [1.29, 1.82) is 0 Å². The Labute approximate surface area is 190 Å². The zero-order valence-corrected chi connectivity index (χ0v) is 18.5. The summed E-state index contributed by atoms with van der Waals surface area (Å²) in [6.07, 6.45) is 12.7. The summed E-state index contributed by atoms with van der Waals surface area (Å²) in [6.45, 7) is 0. The van der Waals surface area contributed by atoms with Crippen LogP contribution in [-0.4, -0.2) is 27.0 Å². The molecular formula is C23H25N5O3S. The number of carbonyl (C=O) groups is 1. The number of hydrogen-bond donors (Lipinski definition) is 1. The second-order valence-corrected chi connectivity index (χ2v) is 10.5. The van der Waals surface area contributed by atoms with E-state index < -0.39 is 4.92 Å². The first kappa shape index (κ1) is 21.1. The molecule has 4 saturated carbocycles. The van der Waals surface area contributed by atoms with Crippen molar-refractivity contribution < 1.29 is 9.72 Å². The summed E-state index contributed by atoms with van der Waals surface area (Å²) < 4.78 is 0. The van der Waals surface area contributed by atoms with Crippen LogP contribution in [0.4, 0.5) is 5.69 Å². The summed E-state index contributed by atoms with van der Waals surface area (Å²) in [7, 11) is 0. The Morgan fingerprint density at radius 3 is 2.47 bits per heavy atom. The monoisotopic (exact) mass is 451 g/mol. The van der Waals surface area contributed by atoms with E-state index in [1.165, 1.54) is 50.8 Å². The topological polar surface area (TPSA) is 110 Å². The highest BCUT2D eigenvalue weighted by Crippen LogP contribution is 2.61. The zero-order valence-electron chi connectivity index (χ0n) is 17.6. The maximum Gasteiger partial charge on any atom is 0.283 e. The number of nitrogens with zero attached hydrogens (tertiary/aromatic N) is 4. The molecule has 6 rings (SSSR count). The highest BCUT2D eigenvalue weighted by atomic mass is 32.2. The summed E-state index contributed by atoms with van der Waals surface area (Å²) >= 11 is 1.13. The van der Waals surface area contributed by atoms with Crippen LogP contribution in [0, 0.1) is 33.3 Å². The first-order valence-corrected chi connectivity index (χ1v) is 11.8. The van der Waals surface area contributed by atoms with Gasteiger partial charge in [-0.15, -0.1) is 0 Å². The first-order valence-electron chi connectivity index (χ1n) is 11.0. The molecule has 1 N–H and O–H groups in total. The van der Waals surface area contributed by atoms with Crippen molar-refractivity contribution in [3.8, 4) is 0 Å². The molecule has 166 valence electrons. The van der Waals surface area contributed by atoms with E-state index in [-0.39, 0.29) is 17.0 Å². The molecule has 4 aliphatic carbocycles. The summed E-state index contributed by atoms with van der Waals surface area (Å²) in [4.78, 5) is 32.3. The van der Waals surface area contributed by atoms with E-state index in [4.69, 9.17) is 0 Å². The molecule has 4 fully saturated rings. The van der Waals surface area contributed by atoms with Crippen molar-refractivity contribution in [2.75, 3.05) is 0 Å². The molecule has 0 radical (unpaired) electrons. The molecule has 1 amide bonds. The molecule has 4 bridgehead atoms. The average Bonchev–Trinajstić information content (AvgIpc) is 2.74. The molecule has 32 heavy (non-hydrogen) atoms. The van der Waals surface area contributed by atoms with Crippen molar-refractivity contribution in [3.63, 3.8) is 0 Å². The number of hydrogen-bond acceptors (Lipinski definition) is 7. The van der Waals surface area contributed by atoms with E-state index >= 15 is 0 Å². The van der Waals surface area contributed by atoms with Gasteiger partial charge in [0, 0.05) is 30.4 Å². The molecule has 0 unspecified atom stereocenters. The predicted octanol–water partition coefficient (Wildman–Crippen LogP) is 4.59. The van der Waals surface area contributed by atoms with Crippen LogP contribution >= 0.6 is 11.8 Å². The maximum absolute atomic E-state index is 12.6. The van der Waals surface area contributed by atoms with Gasteiger partial charge in [-0.05, 0) is 85.6 Å². The van der Waals surface area contributed by atoms with Crippen LogP contribution in [0.1, 0.15) is 50.5 Å². The van der Waals surface area contributed by atoms with Crippen LogP contribution in [0.2, 0.25) is 0 Å². The van der Waals surface area contributed by atoms with Gasteiger partial charge >= 0.3 is 0 Å². The SMILES string of the molecule is O=C(CC12CC3CC(CC(C3)C1)C2)N/N=C\c1ccc(Sc2ncccn2)c([N+](=O)[O-])c1. The minimum Gasteiger partial charge on any atom is -0.273 e. The molecule has 2 aromatic rings. The molecule has 8 nitrogen and oxygen atoms in total. The smallest absolute Gasteiger partial charge is 0.273 e. The highest BCUT2D eigenvalue weighted by molar-refractivity contribution is 7.99. The van der Waals surface area contributed by atoms with E-state index in [0.717, 1.165) is 29.5 Å². The van der Waals surface area contributed by atoms with Gasteiger partial charge in [0.2, 0.25) is 5.91 Å². The summed E-state index contributed by atoms with van der Waals surface area (Å²) in [5.41, 5.74) is 3.30. The van der Waals surface area contributed by atoms with Crippen LogP contribution in [-0.2, 0) is 4.79 Å². The van der Waals surface area contributed by atoms with Crippen LogP contribution in [0.15, 0.2) is 51.8 Å². The molecule has 9 heteroatoms. The first-order chi connectivity index (χ1) is 15.5. The largest absolute Gasteiger partial charge is 0.283 e. The molecule has 0 atom stereocenters. The van der Waals surface area contributed by atoms with Crippen molar-refractivity contribution >= 4 is 29.6 Å². The van der Waals surface area contributed by atoms with Gasteiger partial charge in [-0.2, -0.15) is 5.10 Å². The third-order valence-corrected chi connectivity index (χ3v) is 7.99. The van der Waals surface area contributed by atoms with Gasteiger partial charge in [0.05, 0.1) is 16.0 Å².